The number of alkyl halides is 3. The van der Waals surface area contributed by atoms with E-state index in [0.29, 0.717) is 34.5 Å². The first-order chi connectivity index (χ1) is 17.7. The number of hydrogen-bond acceptors (Lipinski definition) is 6. The minimum atomic E-state index is -4.54. The number of halogens is 4. The van der Waals surface area contributed by atoms with Crippen LogP contribution in [-0.2, 0) is 17.5 Å². The van der Waals surface area contributed by atoms with Crippen LogP contribution in [0.5, 0.6) is 0 Å². The molecule has 0 atom stereocenters. The van der Waals surface area contributed by atoms with Gasteiger partial charge in [0.05, 0.1) is 28.7 Å². The highest BCUT2D eigenvalue weighted by Crippen LogP contribution is 2.35. The van der Waals surface area contributed by atoms with Gasteiger partial charge in [-0.05, 0) is 53.2 Å². The number of imide groups is 1. The van der Waals surface area contributed by atoms with Gasteiger partial charge in [-0.25, -0.2) is 0 Å². The molecule has 2 fully saturated rings. The van der Waals surface area contributed by atoms with Gasteiger partial charge < -0.3 is 5.32 Å². The van der Waals surface area contributed by atoms with Crippen molar-refractivity contribution in [1.82, 2.24) is 24.9 Å². The summed E-state index contributed by atoms with van der Waals surface area (Å²) in [6.45, 7) is 4.46. The Bertz CT molecular complexity index is 1380. The molecule has 0 saturated carbocycles. The first-order valence-corrected chi connectivity index (χ1v) is 12.9. The third kappa shape index (κ3) is 5.69. The van der Waals surface area contributed by atoms with Gasteiger partial charge in [0.1, 0.15) is 0 Å². The summed E-state index contributed by atoms with van der Waals surface area (Å²) >= 11 is 6.70. The fourth-order valence-corrected chi connectivity index (χ4v) is 5.49. The van der Waals surface area contributed by atoms with Crippen molar-refractivity contribution in [2.75, 3.05) is 39.3 Å². The summed E-state index contributed by atoms with van der Waals surface area (Å²) in [5, 5.41) is 7.97. The average molecular weight is 550 g/mol. The topological polar surface area (TPSA) is 70.5 Å². The number of nitrogens with one attached hydrogen (secondary N) is 1. The maximum Gasteiger partial charge on any atom is 0.416 e. The molecule has 2 aliphatic heterocycles. The van der Waals surface area contributed by atoms with E-state index < -0.39 is 11.7 Å². The van der Waals surface area contributed by atoms with Crippen molar-refractivity contribution in [3.05, 3.63) is 69.2 Å². The molecule has 37 heavy (non-hydrogen) atoms. The van der Waals surface area contributed by atoms with Crippen molar-refractivity contribution in [3.8, 4) is 0 Å². The van der Waals surface area contributed by atoms with Crippen molar-refractivity contribution in [1.29, 1.82) is 0 Å². The summed E-state index contributed by atoms with van der Waals surface area (Å²) in [6, 6.07) is 8.98. The second kappa shape index (κ2) is 10.5. The van der Waals surface area contributed by atoms with Crippen molar-refractivity contribution in [3.63, 3.8) is 0 Å². The number of rotatable bonds is 6. The van der Waals surface area contributed by atoms with E-state index in [1.807, 2.05) is 0 Å². The molecule has 2 saturated heterocycles. The van der Waals surface area contributed by atoms with Crippen LogP contribution in [0, 0.1) is 0 Å². The fraction of sp³-hybridized carbons (Fsp3) is 0.320. The highest BCUT2D eigenvalue weighted by atomic mass is 35.5. The lowest BCUT2D eigenvalue weighted by Crippen LogP contribution is -2.46. The van der Waals surface area contributed by atoms with E-state index in [2.05, 4.69) is 15.3 Å². The van der Waals surface area contributed by atoms with Crippen LogP contribution < -0.4 is 5.32 Å². The van der Waals surface area contributed by atoms with Gasteiger partial charge >= 0.3 is 6.18 Å². The Balaban J connectivity index is 1.32. The lowest BCUT2D eigenvalue weighted by atomic mass is 10.1. The summed E-state index contributed by atoms with van der Waals surface area (Å²) in [4.78, 5) is 29.2. The van der Waals surface area contributed by atoms with E-state index in [1.165, 1.54) is 21.7 Å². The van der Waals surface area contributed by atoms with Gasteiger partial charge in [0.15, 0.2) is 0 Å². The summed E-state index contributed by atoms with van der Waals surface area (Å²) in [5.74, 6) is -0.316. The van der Waals surface area contributed by atoms with Gasteiger partial charge in [-0.2, -0.15) is 18.3 Å². The molecule has 2 aliphatic rings. The van der Waals surface area contributed by atoms with Crippen LogP contribution >= 0.6 is 23.4 Å². The van der Waals surface area contributed by atoms with Gasteiger partial charge in [-0.15, -0.1) is 0 Å². The molecule has 12 heteroatoms. The molecule has 2 aromatic carbocycles. The largest absolute Gasteiger partial charge is 0.416 e. The van der Waals surface area contributed by atoms with E-state index in [9.17, 15) is 22.8 Å². The van der Waals surface area contributed by atoms with Crippen molar-refractivity contribution in [2.45, 2.75) is 12.7 Å². The van der Waals surface area contributed by atoms with Crippen LogP contribution in [0.15, 0.2) is 47.5 Å². The maximum atomic E-state index is 13.5. The number of thioether (sulfide) groups is 1. The molecule has 3 heterocycles. The normalized spacial score (nSPS) is 18.5. The van der Waals surface area contributed by atoms with Gasteiger partial charge in [0, 0.05) is 49.7 Å². The van der Waals surface area contributed by atoms with Gasteiger partial charge in [0.2, 0.25) is 0 Å². The third-order valence-electron chi connectivity index (χ3n) is 6.38. The molecule has 0 bridgehead atoms. The zero-order valence-electron chi connectivity index (χ0n) is 19.6. The summed E-state index contributed by atoms with van der Waals surface area (Å²) in [7, 11) is 0. The number of fused-ring (bicyclic) bond motifs is 1. The Hall–Kier alpha value is -2.86. The summed E-state index contributed by atoms with van der Waals surface area (Å²) in [5.41, 5.74) is 0.597. The number of aromatic nitrogens is 2. The van der Waals surface area contributed by atoms with Crippen LogP contribution in [0.2, 0.25) is 5.02 Å². The number of benzene rings is 2. The first kappa shape index (κ1) is 25.8. The number of hydrogen-bond donors (Lipinski definition) is 1. The van der Waals surface area contributed by atoms with Crippen molar-refractivity contribution >= 4 is 51.5 Å². The Morgan fingerprint density at radius 1 is 1.08 bits per heavy atom. The summed E-state index contributed by atoms with van der Waals surface area (Å²) < 4.78 is 42.0. The van der Waals surface area contributed by atoms with Crippen LogP contribution in [0.3, 0.4) is 0 Å². The minimum absolute atomic E-state index is 0.0132. The maximum absolute atomic E-state index is 13.5. The van der Waals surface area contributed by atoms with E-state index in [1.54, 1.807) is 30.5 Å². The molecule has 2 amide bonds. The quantitative estimate of drug-likeness (QED) is 0.450. The Kier molecular flexibility index (Phi) is 7.30. The smallest absolute Gasteiger partial charge is 0.314 e. The molecule has 0 unspecified atom stereocenters. The predicted molar refractivity (Wildman–Crippen MR) is 137 cm³/mol. The van der Waals surface area contributed by atoms with E-state index >= 15 is 0 Å². The minimum Gasteiger partial charge on any atom is -0.314 e. The molecule has 1 aromatic heterocycles. The van der Waals surface area contributed by atoms with Gasteiger partial charge in [-0.3, -0.25) is 24.1 Å². The Morgan fingerprint density at radius 3 is 2.62 bits per heavy atom. The lowest BCUT2D eigenvalue weighted by Gasteiger charge is -2.28. The van der Waals surface area contributed by atoms with Crippen LogP contribution in [0.4, 0.5) is 18.0 Å². The monoisotopic (exact) mass is 549 g/mol. The Labute approximate surface area is 220 Å². The predicted octanol–water partition coefficient (Wildman–Crippen LogP) is 4.70. The van der Waals surface area contributed by atoms with E-state index in [4.69, 9.17) is 11.6 Å². The van der Waals surface area contributed by atoms with E-state index in [-0.39, 0.29) is 28.3 Å². The number of amides is 2. The molecule has 0 aliphatic carbocycles. The zero-order valence-corrected chi connectivity index (χ0v) is 21.2. The standard InChI is InChI=1S/C25H23ClF3N5O2S/c26-19-3-2-17(20(13-19)25(27,28)29)15-34-21-4-1-16(11-18(21)14-31-34)12-22-23(35)33(24(36)37-22)10-9-32-7-5-30-6-8-32/h1-4,11-14,30H,5-10,15H2. The Morgan fingerprint density at radius 2 is 1.86 bits per heavy atom. The summed E-state index contributed by atoms with van der Waals surface area (Å²) in [6.07, 6.45) is -1.31. The molecular formula is C25H23ClF3N5O2S. The second-order valence-electron chi connectivity index (χ2n) is 8.84. The molecule has 1 N–H and O–H groups in total. The fourth-order valence-electron chi connectivity index (χ4n) is 4.45. The molecule has 0 radical (unpaired) electrons. The number of carbonyl (C=O) groups excluding carboxylic acids is 2. The SMILES string of the molecule is O=C1SC(=Cc2ccc3c(cnn3Cc3ccc(Cl)cc3C(F)(F)F)c2)C(=O)N1CCN1CCNCC1. The average Bonchev–Trinajstić information content (AvgIpc) is 3.38. The van der Waals surface area contributed by atoms with Crippen LogP contribution in [0.25, 0.3) is 17.0 Å². The van der Waals surface area contributed by atoms with Gasteiger partial charge in [-0.1, -0.05) is 23.7 Å². The van der Waals surface area contributed by atoms with Crippen molar-refractivity contribution in [2.24, 2.45) is 0 Å². The highest BCUT2D eigenvalue weighted by Gasteiger charge is 2.35. The molecule has 0 spiro atoms. The highest BCUT2D eigenvalue weighted by molar-refractivity contribution is 8.18. The zero-order chi connectivity index (χ0) is 26.2. The third-order valence-corrected chi connectivity index (χ3v) is 7.53. The second-order valence-corrected chi connectivity index (χ2v) is 10.3. The van der Waals surface area contributed by atoms with Crippen LogP contribution in [0.1, 0.15) is 16.7 Å². The molecule has 7 nitrogen and oxygen atoms in total. The molecule has 3 aromatic rings. The van der Waals surface area contributed by atoms with Crippen molar-refractivity contribution < 1.29 is 22.8 Å². The molecule has 194 valence electrons. The molecule has 5 rings (SSSR count). The van der Waals surface area contributed by atoms with Gasteiger partial charge in [0.25, 0.3) is 11.1 Å². The molecular weight excluding hydrogens is 527 g/mol. The number of carbonyl (C=O) groups is 2. The van der Waals surface area contributed by atoms with E-state index in [0.717, 1.165) is 44.0 Å². The number of nitrogens with zero attached hydrogens (tertiary/aromatic N) is 4. The number of piperazine rings is 1. The van der Waals surface area contributed by atoms with Crippen LogP contribution in [-0.4, -0.2) is 70.0 Å². The first-order valence-electron chi connectivity index (χ1n) is 11.7. The lowest BCUT2D eigenvalue weighted by molar-refractivity contribution is -0.138.